The Morgan fingerprint density at radius 3 is 2.85 bits per heavy atom. The van der Waals surface area contributed by atoms with Gasteiger partial charge in [0.15, 0.2) is 0 Å². The molecule has 3 rings (SSSR count). The van der Waals surface area contributed by atoms with Gasteiger partial charge in [0, 0.05) is 18.0 Å². The van der Waals surface area contributed by atoms with Crippen molar-refractivity contribution in [1.29, 1.82) is 0 Å². The number of fused-ring (bicyclic) bond motifs is 1. The summed E-state index contributed by atoms with van der Waals surface area (Å²) < 4.78 is 5.22. The number of nitrogens with zero attached hydrogens (tertiary/aromatic N) is 4. The highest BCUT2D eigenvalue weighted by Gasteiger charge is 2.09. The Morgan fingerprint density at radius 2 is 2.00 bits per heavy atom. The van der Waals surface area contributed by atoms with Crippen LogP contribution in [0, 0.1) is 0 Å². The minimum absolute atomic E-state index is 0.575. The van der Waals surface area contributed by atoms with Gasteiger partial charge < -0.3 is 9.84 Å². The van der Waals surface area contributed by atoms with Gasteiger partial charge in [0.2, 0.25) is 11.7 Å². The fourth-order valence-electron chi connectivity index (χ4n) is 1.92. The fourth-order valence-corrected chi connectivity index (χ4v) is 1.92. The van der Waals surface area contributed by atoms with Crippen LogP contribution in [0.25, 0.3) is 22.4 Å². The summed E-state index contributed by atoms with van der Waals surface area (Å²) in [6.07, 6.45) is 4.42. The fraction of sp³-hybridized carbons (Fsp3) is 0.286. The first-order valence-electron chi connectivity index (χ1n) is 6.61. The molecule has 0 aliphatic heterocycles. The lowest BCUT2D eigenvalue weighted by Gasteiger charge is -1.98. The first-order chi connectivity index (χ1) is 9.86. The number of hydrogen-bond donors (Lipinski definition) is 1. The van der Waals surface area contributed by atoms with Crippen LogP contribution in [0.4, 0.5) is 0 Å². The molecule has 0 unspecified atom stereocenters. The number of rotatable bonds is 5. The first-order valence-corrected chi connectivity index (χ1v) is 6.61. The van der Waals surface area contributed by atoms with Crippen molar-refractivity contribution in [2.75, 3.05) is 6.54 Å². The summed E-state index contributed by atoms with van der Waals surface area (Å²) in [5, 5.41) is 7.22. The van der Waals surface area contributed by atoms with E-state index in [1.54, 1.807) is 12.4 Å². The molecule has 0 fully saturated rings. The van der Waals surface area contributed by atoms with Crippen LogP contribution in [0.1, 0.15) is 19.2 Å². The number of benzene rings is 1. The molecule has 0 spiro atoms. The molecule has 0 aliphatic carbocycles. The quantitative estimate of drug-likeness (QED) is 0.715. The Hall–Kier alpha value is -2.34. The summed E-state index contributed by atoms with van der Waals surface area (Å²) in [7, 11) is 0. The van der Waals surface area contributed by atoms with E-state index in [2.05, 4.69) is 32.3 Å². The van der Waals surface area contributed by atoms with Crippen LogP contribution in [0.15, 0.2) is 35.1 Å². The minimum Gasteiger partial charge on any atom is -0.338 e. The second-order valence-corrected chi connectivity index (χ2v) is 4.45. The molecule has 6 heteroatoms. The average Bonchev–Trinajstić information content (AvgIpc) is 2.96. The standard InChI is InChI=1S/C14H15N5O/c1-2-5-15-9-13-18-14(19-20-13)10-3-4-11-12(8-10)17-7-6-16-11/h3-4,6-8,15H,2,5,9H2,1H3. The highest BCUT2D eigenvalue weighted by atomic mass is 16.5. The third-order valence-electron chi connectivity index (χ3n) is 2.90. The molecule has 0 saturated heterocycles. The van der Waals surface area contributed by atoms with Crippen LogP contribution < -0.4 is 5.32 Å². The largest absolute Gasteiger partial charge is 0.338 e. The molecule has 0 radical (unpaired) electrons. The van der Waals surface area contributed by atoms with Crippen LogP contribution in [0.3, 0.4) is 0 Å². The lowest BCUT2D eigenvalue weighted by Crippen LogP contribution is -2.13. The van der Waals surface area contributed by atoms with Gasteiger partial charge >= 0.3 is 0 Å². The summed E-state index contributed by atoms with van der Waals surface area (Å²) in [4.78, 5) is 12.9. The van der Waals surface area contributed by atoms with Gasteiger partial charge in [-0.3, -0.25) is 9.97 Å². The third-order valence-corrected chi connectivity index (χ3v) is 2.90. The van der Waals surface area contributed by atoms with Gasteiger partial charge in [0.25, 0.3) is 0 Å². The van der Waals surface area contributed by atoms with E-state index in [1.165, 1.54) is 0 Å². The van der Waals surface area contributed by atoms with E-state index in [1.807, 2.05) is 18.2 Å². The van der Waals surface area contributed by atoms with Crippen molar-refractivity contribution in [2.45, 2.75) is 19.9 Å². The molecule has 0 amide bonds. The smallest absolute Gasteiger partial charge is 0.240 e. The van der Waals surface area contributed by atoms with Crippen LogP contribution in [-0.4, -0.2) is 26.7 Å². The van der Waals surface area contributed by atoms with Crippen molar-refractivity contribution in [3.8, 4) is 11.4 Å². The second-order valence-electron chi connectivity index (χ2n) is 4.45. The summed E-state index contributed by atoms with van der Waals surface area (Å²) in [5.74, 6) is 1.17. The average molecular weight is 269 g/mol. The van der Waals surface area contributed by atoms with E-state index in [9.17, 15) is 0 Å². The lowest BCUT2D eigenvalue weighted by molar-refractivity contribution is 0.368. The predicted octanol–water partition coefficient (Wildman–Crippen LogP) is 2.18. The van der Waals surface area contributed by atoms with E-state index in [-0.39, 0.29) is 0 Å². The molecule has 2 heterocycles. The molecule has 20 heavy (non-hydrogen) atoms. The zero-order chi connectivity index (χ0) is 13.8. The Kier molecular flexibility index (Phi) is 3.64. The summed E-state index contributed by atoms with van der Waals surface area (Å²) >= 11 is 0. The van der Waals surface area contributed by atoms with E-state index < -0.39 is 0 Å². The summed E-state index contributed by atoms with van der Waals surface area (Å²) in [6.45, 7) is 3.64. The van der Waals surface area contributed by atoms with Crippen molar-refractivity contribution in [2.24, 2.45) is 0 Å². The summed E-state index contributed by atoms with van der Waals surface area (Å²) in [5.41, 5.74) is 2.55. The molecule has 1 aromatic carbocycles. The maximum Gasteiger partial charge on any atom is 0.240 e. The number of aromatic nitrogens is 4. The van der Waals surface area contributed by atoms with Crippen molar-refractivity contribution < 1.29 is 4.52 Å². The summed E-state index contributed by atoms with van der Waals surface area (Å²) in [6, 6.07) is 5.74. The van der Waals surface area contributed by atoms with Crippen LogP contribution >= 0.6 is 0 Å². The Labute approximate surface area is 116 Å². The van der Waals surface area contributed by atoms with Gasteiger partial charge in [0.05, 0.1) is 17.6 Å². The zero-order valence-corrected chi connectivity index (χ0v) is 11.2. The molecule has 2 aromatic heterocycles. The van der Waals surface area contributed by atoms with Crippen LogP contribution in [0.2, 0.25) is 0 Å². The SMILES string of the molecule is CCCNCc1nc(-c2ccc3nccnc3c2)no1. The van der Waals surface area contributed by atoms with Gasteiger partial charge in [-0.2, -0.15) is 4.98 Å². The van der Waals surface area contributed by atoms with Crippen molar-refractivity contribution in [3.63, 3.8) is 0 Å². The van der Waals surface area contributed by atoms with Crippen molar-refractivity contribution >= 4 is 11.0 Å². The highest BCUT2D eigenvalue weighted by Crippen LogP contribution is 2.19. The van der Waals surface area contributed by atoms with Gasteiger partial charge in [-0.15, -0.1) is 0 Å². The molecule has 0 atom stereocenters. The molecule has 1 N–H and O–H groups in total. The Bertz CT molecular complexity index is 709. The second kappa shape index (κ2) is 5.75. The molecule has 0 saturated carbocycles. The molecule has 0 aliphatic rings. The Morgan fingerprint density at radius 1 is 1.15 bits per heavy atom. The zero-order valence-electron chi connectivity index (χ0n) is 11.2. The lowest BCUT2D eigenvalue weighted by atomic mass is 10.2. The van der Waals surface area contributed by atoms with Gasteiger partial charge in [-0.05, 0) is 31.2 Å². The molecular weight excluding hydrogens is 254 g/mol. The number of nitrogens with one attached hydrogen (secondary N) is 1. The number of hydrogen-bond acceptors (Lipinski definition) is 6. The maximum atomic E-state index is 5.22. The van der Waals surface area contributed by atoms with Crippen LogP contribution in [-0.2, 0) is 6.54 Å². The van der Waals surface area contributed by atoms with E-state index in [0.717, 1.165) is 29.6 Å². The van der Waals surface area contributed by atoms with Crippen molar-refractivity contribution in [1.82, 2.24) is 25.4 Å². The molecule has 3 aromatic rings. The minimum atomic E-state index is 0.575. The van der Waals surface area contributed by atoms with Gasteiger partial charge in [-0.1, -0.05) is 12.1 Å². The Balaban J connectivity index is 1.83. The predicted molar refractivity (Wildman–Crippen MR) is 74.8 cm³/mol. The molecule has 0 bridgehead atoms. The molecule has 6 nitrogen and oxygen atoms in total. The van der Waals surface area contributed by atoms with E-state index in [0.29, 0.717) is 18.3 Å². The van der Waals surface area contributed by atoms with E-state index >= 15 is 0 Å². The van der Waals surface area contributed by atoms with E-state index in [4.69, 9.17) is 4.52 Å². The molecular formula is C14H15N5O. The van der Waals surface area contributed by atoms with Crippen LogP contribution in [0.5, 0.6) is 0 Å². The monoisotopic (exact) mass is 269 g/mol. The van der Waals surface area contributed by atoms with Gasteiger partial charge in [-0.25, -0.2) is 0 Å². The topological polar surface area (TPSA) is 76.7 Å². The van der Waals surface area contributed by atoms with Crippen molar-refractivity contribution in [3.05, 3.63) is 36.5 Å². The maximum absolute atomic E-state index is 5.22. The third kappa shape index (κ3) is 2.65. The highest BCUT2D eigenvalue weighted by molar-refractivity contribution is 5.79. The normalized spacial score (nSPS) is 11.1. The van der Waals surface area contributed by atoms with Gasteiger partial charge in [0.1, 0.15) is 0 Å². The first kappa shape index (κ1) is 12.7. The molecule has 102 valence electrons.